The second-order valence-corrected chi connectivity index (χ2v) is 11.4. The third kappa shape index (κ3) is 6.46. The highest BCUT2D eigenvalue weighted by Crippen LogP contribution is 2.36. The fourth-order valence-corrected chi connectivity index (χ4v) is 5.36. The number of rotatable bonds is 9. The van der Waals surface area contributed by atoms with Crippen LogP contribution in [0.2, 0.25) is 0 Å². The van der Waals surface area contributed by atoms with Crippen molar-refractivity contribution in [2.45, 2.75) is 16.7 Å². The smallest absolute Gasteiger partial charge is 0.339 e. The summed E-state index contributed by atoms with van der Waals surface area (Å²) in [4.78, 5) is 12.0. The predicted octanol–water partition coefficient (Wildman–Crippen LogP) is 3.60. The molecule has 3 aromatic rings. The Morgan fingerprint density at radius 2 is 1.60 bits per heavy atom. The first-order chi connectivity index (χ1) is 16.4. The standard InChI is InChI=1S/C21H18IN3O8S2/c1-14-3-7-17(8-4-14)34(28,29)24-23-13-15-11-19(22)21(20(12-15)32-2)33-35(30,31)18-9-5-16(6-10-18)25(26)27/h3-13,24H,1-2H3/b23-13-. The van der Waals surface area contributed by atoms with Gasteiger partial charge in [-0.1, -0.05) is 17.7 Å². The molecule has 1 N–H and O–H groups in total. The number of non-ortho nitro benzene ring substituents is 1. The van der Waals surface area contributed by atoms with E-state index in [4.69, 9.17) is 8.92 Å². The average molecular weight is 631 g/mol. The number of nitrogens with one attached hydrogen (secondary N) is 1. The molecule has 0 fully saturated rings. The van der Waals surface area contributed by atoms with E-state index in [1.165, 1.54) is 37.6 Å². The Labute approximate surface area is 215 Å². The number of hydrogen-bond donors (Lipinski definition) is 1. The van der Waals surface area contributed by atoms with Crippen molar-refractivity contribution in [1.82, 2.24) is 4.83 Å². The van der Waals surface area contributed by atoms with Crippen molar-refractivity contribution >= 4 is 54.6 Å². The van der Waals surface area contributed by atoms with E-state index < -0.39 is 25.1 Å². The number of nitro benzene ring substituents is 1. The van der Waals surface area contributed by atoms with Crippen LogP contribution in [0.4, 0.5) is 5.69 Å². The third-order valence-corrected chi connectivity index (χ3v) is 7.77. The van der Waals surface area contributed by atoms with Crippen molar-refractivity contribution in [3.8, 4) is 11.5 Å². The first kappa shape index (κ1) is 26.4. The van der Waals surface area contributed by atoms with Crippen LogP contribution in [0.3, 0.4) is 0 Å². The fraction of sp³-hybridized carbons (Fsp3) is 0.0952. The molecule has 3 rings (SSSR count). The van der Waals surface area contributed by atoms with Crippen LogP contribution in [-0.2, 0) is 20.1 Å². The topological polar surface area (TPSA) is 154 Å². The lowest BCUT2D eigenvalue weighted by Crippen LogP contribution is -2.18. The number of halogens is 1. The predicted molar refractivity (Wildman–Crippen MR) is 136 cm³/mol. The maximum absolute atomic E-state index is 12.7. The molecule has 0 saturated carbocycles. The summed E-state index contributed by atoms with van der Waals surface area (Å²) >= 11 is 1.83. The van der Waals surface area contributed by atoms with Crippen LogP contribution < -0.4 is 13.8 Å². The highest BCUT2D eigenvalue weighted by molar-refractivity contribution is 14.1. The number of hydrazone groups is 1. The molecule has 14 heteroatoms. The largest absolute Gasteiger partial charge is 0.493 e. The fourth-order valence-electron chi connectivity index (χ4n) is 2.73. The molecule has 0 atom stereocenters. The van der Waals surface area contributed by atoms with Gasteiger partial charge in [0.1, 0.15) is 4.90 Å². The normalized spacial score (nSPS) is 11.9. The molecule has 0 aliphatic carbocycles. The van der Waals surface area contributed by atoms with Gasteiger partial charge >= 0.3 is 10.1 Å². The number of sulfonamides is 1. The second-order valence-electron chi connectivity index (χ2n) is 6.99. The molecule has 0 saturated heterocycles. The molecular formula is C21H18IN3O8S2. The Morgan fingerprint density at radius 1 is 1.00 bits per heavy atom. The lowest BCUT2D eigenvalue weighted by Gasteiger charge is -2.13. The SMILES string of the molecule is COc1cc(/C=N\NS(=O)(=O)c2ccc(C)cc2)cc(I)c1OS(=O)(=O)c1ccc([N+](=O)[O-])cc1. The van der Waals surface area contributed by atoms with E-state index >= 15 is 0 Å². The van der Waals surface area contributed by atoms with Gasteiger partial charge in [0, 0.05) is 12.1 Å². The molecule has 184 valence electrons. The molecule has 0 unspecified atom stereocenters. The zero-order chi connectivity index (χ0) is 25.8. The Hall–Kier alpha value is -3.24. The summed E-state index contributed by atoms with van der Waals surface area (Å²) in [5.41, 5.74) is 1.04. The molecule has 3 aromatic carbocycles. The van der Waals surface area contributed by atoms with Crippen molar-refractivity contribution < 1.29 is 30.7 Å². The van der Waals surface area contributed by atoms with E-state index in [9.17, 15) is 26.9 Å². The van der Waals surface area contributed by atoms with Gasteiger partial charge < -0.3 is 8.92 Å². The van der Waals surface area contributed by atoms with Gasteiger partial charge in [0.2, 0.25) is 0 Å². The number of methoxy groups -OCH3 is 1. The summed E-state index contributed by atoms with van der Waals surface area (Å²) in [7, 11) is -6.89. The molecule has 35 heavy (non-hydrogen) atoms. The zero-order valence-electron chi connectivity index (χ0n) is 18.2. The highest BCUT2D eigenvalue weighted by atomic mass is 127. The van der Waals surface area contributed by atoms with Gasteiger partial charge in [0.25, 0.3) is 15.7 Å². The summed E-state index contributed by atoms with van der Waals surface area (Å²) in [5.74, 6) is -0.0610. The first-order valence-electron chi connectivity index (χ1n) is 9.61. The summed E-state index contributed by atoms with van der Waals surface area (Å²) in [6, 6.07) is 13.4. The van der Waals surface area contributed by atoms with E-state index in [1.54, 1.807) is 12.1 Å². The minimum absolute atomic E-state index is 0.0465. The van der Waals surface area contributed by atoms with Crippen molar-refractivity contribution in [3.63, 3.8) is 0 Å². The Morgan fingerprint density at radius 3 is 2.17 bits per heavy atom. The minimum Gasteiger partial charge on any atom is -0.493 e. The number of nitrogens with zero attached hydrogens (tertiary/aromatic N) is 2. The summed E-state index contributed by atoms with van der Waals surface area (Å²) in [6.45, 7) is 1.83. The van der Waals surface area contributed by atoms with Gasteiger partial charge in [-0.2, -0.15) is 21.9 Å². The van der Waals surface area contributed by atoms with Gasteiger partial charge in [0.15, 0.2) is 11.5 Å². The van der Waals surface area contributed by atoms with Crippen molar-refractivity contribution in [2.24, 2.45) is 5.10 Å². The molecule has 0 aliphatic heterocycles. The quantitative estimate of drug-likeness (QED) is 0.124. The second kappa shape index (κ2) is 10.6. The Kier molecular flexibility index (Phi) is 7.97. The molecule has 0 amide bonds. The number of ether oxygens (including phenoxy) is 1. The van der Waals surface area contributed by atoms with E-state index in [2.05, 4.69) is 9.93 Å². The molecule has 0 aromatic heterocycles. The summed E-state index contributed by atoms with van der Waals surface area (Å²) < 4.78 is 60.9. The molecule has 0 heterocycles. The van der Waals surface area contributed by atoms with Crippen LogP contribution in [0.1, 0.15) is 11.1 Å². The van der Waals surface area contributed by atoms with Crippen LogP contribution in [0.25, 0.3) is 0 Å². The summed E-state index contributed by atoms with van der Waals surface area (Å²) in [6.07, 6.45) is 1.23. The van der Waals surface area contributed by atoms with Crippen LogP contribution in [0, 0.1) is 20.6 Å². The maximum Gasteiger partial charge on any atom is 0.339 e. The lowest BCUT2D eigenvalue weighted by atomic mass is 10.2. The number of aryl methyl sites for hydroxylation is 1. The first-order valence-corrected chi connectivity index (χ1v) is 13.6. The Balaban J connectivity index is 1.82. The average Bonchev–Trinajstić information content (AvgIpc) is 2.80. The number of nitro groups is 1. The van der Waals surface area contributed by atoms with E-state index in [0.717, 1.165) is 29.8 Å². The zero-order valence-corrected chi connectivity index (χ0v) is 22.0. The van der Waals surface area contributed by atoms with Crippen LogP contribution >= 0.6 is 22.6 Å². The van der Waals surface area contributed by atoms with E-state index in [1.807, 2.05) is 29.5 Å². The van der Waals surface area contributed by atoms with Gasteiger partial charge in [-0.15, -0.1) is 0 Å². The van der Waals surface area contributed by atoms with E-state index in [0.29, 0.717) is 9.13 Å². The molecule has 0 bridgehead atoms. The van der Waals surface area contributed by atoms with Gasteiger partial charge in [0.05, 0.1) is 26.7 Å². The minimum atomic E-state index is -4.33. The van der Waals surface area contributed by atoms with E-state index in [-0.39, 0.29) is 27.0 Å². The maximum atomic E-state index is 12.7. The molecule has 0 aliphatic rings. The van der Waals surface area contributed by atoms with Crippen molar-refractivity contribution in [1.29, 1.82) is 0 Å². The van der Waals surface area contributed by atoms with Gasteiger partial charge in [-0.05, 0) is 71.5 Å². The summed E-state index contributed by atoms with van der Waals surface area (Å²) in [5, 5.41) is 14.6. The van der Waals surface area contributed by atoms with Gasteiger partial charge in [-0.3, -0.25) is 10.1 Å². The van der Waals surface area contributed by atoms with Crippen LogP contribution in [0.5, 0.6) is 11.5 Å². The number of benzene rings is 3. The monoisotopic (exact) mass is 631 g/mol. The van der Waals surface area contributed by atoms with Crippen LogP contribution in [0.15, 0.2) is 75.6 Å². The van der Waals surface area contributed by atoms with Gasteiger partial charge in [-0.25, -0.2) is 4.83 Å². The molecule has 11 nitrogen and oxygen atoms in total. The molecule has 0 spiro atoms. The molecular weight excluding hydrogens is 613 g/mol. The lowest BCUT2D eigenvalue weighted by molar-refractivity contribution is -0.384. The highest BCUT2D eigenvalue weighted by Gasteiger charge is 2.23. The number of hydrogen-bond acceptors (Lipinski definition) is 9. The Bertz CT molecular complexity index is 1490. The van der Waals surface area contributed by atoms with Crippen molar-refractivity contribution in [2.75, 3.05) is 7.11 Å². The van der Waals surface area contributed by atoms with Crippen LogP contribution in [-0.4, -0.2) is 35.1 Å². The van der Waals surface area contributed by atoms with Crippen molar-refractivity contribution in [3.05, 3.63) is 85.5 Å². The molecule has 0 radical (unpaired) electrons. The third-order valence-electron chi connectivity index (χ3n) is 4.50.